The van der Waals surface area contributed by atoms with Crippen LogP contribution in [-0.4, -0.2) is 42.5 Å². The summed E-state index contributed by atoms with van der Waals surface area (Å²) < 4.78 is 10.6. The number of esters is 1. The first-order chi connectivity index (χ1) is 14.6. The highest BCUT2D eigenvalue weighted by molar-refractivity contribution is 6.69. The molecule has 11 nitrogen and oxygen atoms in total. The van der Waals surface area contributed by atoms with E-state index in [-0.39, 0.29) is 29.6 Å². The first-order valence-corrected chi connectivity index (χ1v) is 9.09. The molecule has 0 aliphatic carbocycles. The van der Waals surface area contributed by atoms with Crippen LogP contribution in [0.15, 0.2) is 55.4 Å². The van der Waals surface area contributed by atoms with Crippen molar-refractivity contribution in [2.45, 2.75) is 20.3 Å². The molecule has 152 valence electrons. The van der Waals surface area contributed by atoms with Gasteiger partial charge in [-0.2, -0.15) is 10.3 Å². The van der Waals surface area contributed by atoms with Crippen LogP contribution in [0.25, 0.3) is 0 Å². The van der Waals surface area contributed by atoms with E-state index in [1.807, 2.05) is 6.92 Å². The number of amides is 1. The van der Waals surface area contributed by atoms with E-state index in [0.717, 1.165) is 6.42 Å². The van der Waals surface area contributed by atoms with Gasteiger partial charge in [0.25, 0.3) is 0 Å². The highest BCUT2D eigenvalue weighted by Crippen LogP contribution is 2.26. The fraction of sp³-hybridized carbons (Fsp3) is 0.263. The standard InChI is InChI=1S/C19H17N7O4/c1-3-7-30-14-6-5-12(21-10-11(9-20)19(28)29-4-2)8-13(14)16-22-17-15(18(27)23-16)24-26-25-17/h5-6,8,10,21H,3-4,7H2,1-2H3/b11-10+. The number of fused-ring (bicyclic) bond motifs is 1. The van der Waals surface area contributed by atoms with Crippen molar-refractivity contribution in [3.63, 3.8) is 0 Å². The number of nitrogens with zero attached hydrogens (tertiary/aromatic N) is 6. The number of amidine groups is 2. The Kier molecular flexibility index (Phi) is 6.39. The number of carbonyl (C=O) groups is 2. The molecule has 1 amide bonds. The lowest BCUT2D eigenvalue weighted by Gasteiger charge is -2.14. The maximum absolute atomic E-state index is 12.2. The van der Waals surface area contributed by atoms with Crippen molar-refractivity contribution in [1.82, 2.24) is 0 Å². The molecule has 0 spiro atoms. The van der Waals surface area contributed by atoms with E-state index in [1.54, 1.807) is 31.2 Å². The van der Waals surface area contributed by atoms with Gasteiger partial charge in [-0.15, -0.1) is 10.2 Å². The van der Waals surface area contributed by atoms with Crippen LogP contribution >= 0.6 is 0 Å². The molecule has 0 fully saturated rings. The smallest absolute Gasteiger partial charge is 0.350 e. The second-order valence-electron chi connectivity index (χ2n) is 5.91. The van der Waals surface area contributed by atoms with Crippen molar-refractivity contribution in [1.29, 1.82) is 5.26 Å². The molecule has 2 aliphatic rings. The number of hydrogen-bond donors (Lipinski definition) is 1. The number of benzene rings is 1. The average molecular weight is 407 g/mol. The summed E-state index contributed by atoms with van der Waals surface area (Å²) in [6, 6.07) is 6.77. The summed E-state index contributed by atoms with van der Waals surface area (Å²) >= 11 is 0. The minimum atomic E-state index is -0.734. The Hall–Kier alpha value is -4.20. The molecule has 2 heterocycles. The number of nitriles is 1. The van der Waals surface area contributed by atoms with Crippen molar-refractivity contribution in [3.05, 3.63) is 35.5 Å². The average Bonchev–Trinajstić information content (AvgIpc) is 3.22. The van der Waals surface area contributed by atoms with Crippen LogP contribution in [0.1, 0.15) is 25.8 Å². The SMILES string of the molecule is CCCOc1ccc(N/C=C(\C#N)C(=O)OCC)cc1C1=NC(=O)C2=NN=NC2=N1. The first kappa shape index (κ1) is 20.5. The molecule has 0 radical (unpaired) electrons. The molecule has 2 aliphatic heterocycles. The van der Waals surface area contributed by atoms with Crippen molar-refractivity contribution < 1.29 is 19.1 Å². The Morgan fingerprint density at radius 2 is 2.10 bits per heavy atom. The molecule has 0 saturated heterocycles. The molecule has 3 rings (SSSR count). The van der Waals surface area contributed by atoms with Crippen molar-refractivity contribution in [2.24, 2.45) is 25.4 Å². The van der Waals surface area contributed by atoms with Crippen LogP contribution in [-0.2, 0) is 14.3 Å². The van der Waals surface area contributed by atoms with E-state index < -0.39 is 11.9 Å². The Bertz CT molecular complexity index is 1080. The summed E-state index contributed by atoms with van der Waals surface area (Å²) in [7, 11) is 0. The molecule has 1 aromatic carbocycles. The zero-order valence-corrected chi connectivity index (χ0v) is 16.2. The predicted octanol–water partition coefficient (Wildman–Crippen LogP) is 2.36. The Morgan fingerprint density at radius 1 is 1.27 bits per heavy atom. The lowest BCUT2D eigenvalue weighted by molar-refractivity contribution is -0.138. The van der Waals surface area contributed by atoms with E-state index in [0.29, 0.717) is 23.6 Å². The Labute approximate surface area is 171 Å². The van der Waals surface area contributed by atoms with Gasteiger partial charge in [0.05, 0.1) is 18.8 Å². The molecule has 0 atom stereocenters. The van der Waals surface area contributed by atoms with Crippen molar-refractivity contribution in [3.8, 4) is 11.8 Å². The van der Waals surface area contributed by atoms with Gasteiger partial charge in [0, 0.05) is 11.9 Å². The van der Waals surface area contributed by atoms with Crippen LogP contribution in [0.2, 0.25) is 0 Å². The molecular formula is C19H17N7O4. The zero-order valence-electron chi connectivity index (χ0n) is 16.2. The molecule has 0 unspecified atom stereocenters. The van der Waals surface area contributed by atoms with E-state index in [4.69, 9.17) is 14.7 Å². The summed E-state index contributed by atoms with van der Waals surface area (Å²) in [5, 5.41) is 22.8. The van der Waals surface area contributed by atoms with Crippen LogP contribution in [0.5, 0.6) is 5.75 Å². The quantitative estimate of drug-likeness (QED) is 0.397. The Morgan fingerprint density at radius 3 is 2.83 bits per heavy atom. The summed E-state index contributed by atoms with van der Waals surface area (Å²) in [5.41, 5.74) is 0.731. The lowest BCUT2D eigenvalue weighted by atomic mass is 10.1. The predicted molar refractivity (Wildman–Crippen MR) is 107 cm³/mol. The zero-order chi connectivity index (χ0) is 21.5. The van der Waals surface area contributed by atoms with Crippen LogP contribution in [0, 0.1) is 11.3 Å². The molecule has 11 heteroatoms. The van der Waals surface area contributed by atoms with Gasteiger partial charge in [-0.05, 0) is 36.8 Å². The summed E-state index contributed by atoms with van der Waals surface area (Å²) in [5.74, 6) is -0.696. The number of carbonyl (C=O) groups excluding carboxylic acids is 2. The van der Waals surface area contributed by atoms with E-state index >= 15 is 0 Å². The molecule has 1 N–H and O–H groups in total. The van der Waals surface area contributed by atoms with Crippen LogP contribution < -0.4 is 10.1 Å². The minimum Gasteiger partial charge on any atom is -0.493 e. The molecule has 0 bridgehead atoms. The van der Waals surface area contributed by atoms with Gasteiger partial charge < -0.3 is 14.8 Å². The monoisotopic (exact) mass is 407 g/mol. The van der Waals surface area contributed by atoms with Gasteiger partial charge in [-0.1, -0.05) is 6.92 Å². The fourth-order valence-electron chi connectivity index (χ4n) is 2.44. The second kappa shape index (κ2) is 9.33. The van der Waals surface area contributed by atoms with Crippen LogP contribution in [0.3, 0.4) is 0 Å². The van der Waals surface area contributed by atoms with E-state index in [9.17, 15) is 9.59 Å². The summed E-state index contributed by atoms with van der Waals surface area (Å²) in [6.45, 7) is 4.21. The van der Waals surface area contributed by atoms with Gasteiger partial charge in [-0.25, -0.2) is 9.79 Å². The minimum absolute atomic E-state index is 0.0138. The van der Waals surface area contributed by atoms with Crippen molar-refractivity contribution in [2.75, 3.05) is 18.5 Å². The Balaban J connectivity index is 1.94. The third-order valence-electron chi connectivity index (χ3n) is 3.80. The van der Waals surface area contributed by atoms with Gasteiger partial charge in [0.2, 0.25) is 11.5 Å². The molecular weight excluding hydrogens is 390 g/mol. The topological polar surface area (TPSA) is 150 Å². The number of rotatable bonds is 8. The fourth-order valence-corrected chi connectivity index (χ4v) is 2.44. The third-order valence-corrected chi connectivity index (χ3v) is 3.80. The second-order valence-corrected chi connectivity index (χ2v) is 5.91. The first-order valence-electron chi connectivity index (χ1n) is 9.09. The normalized spacial score (nSPS) is 14.9. The largest absolute Gasteiger partial charge is 0.493 e. The highest BCUT2D eigenvalue weighted by atomic mass is 16.5. The van der Waals surface area contributed by atoms with Gasteiger partial charge in [0.15, 0.2) is 11.4 Å². The number of aliphatic imine (C=N–C) groups is 2. The lowest BCUT2D eigenvalue weighted by Crippen LogP contribution is -2.26. The number of hydrogen-bond acceptors (Lipinski definition) is 10. The molecule has 0 aromatic heterocycles. The summed E-state index contributed by atoms with van der Waals surface area (Å²) in [4.78, 5) is 32.1. The number of anilines is 1. The van der Waals surface area contributed by atoms with E-state index in [1.165, 1.54) is 6.20 Å². The molecule has 30 heavy (non-hydrogen) atoms. The van der Waals surface area contributed by atoms with Crippen LogP contribution in [0.4, 0.5) is 5.69 Å². The number of nitrogens with one attached hydrogen (secondary N) is 1. The maximum atomic E-state index is 12.2. The third kappa shape index (κ3) is 4.44. The van der Waals surface area contributed by atoms with Gasteiger partial charge in [-0.3, -0.25) is 4.79 Å². The maximum Gasteiger partial charge on any atom is 0.350 e. The van der Waals surface area contributed by atoms with Crippen molar-refractivity contribution >= 4 is 34.9 Å². The molecule has 0 saturated carbocycles. The van der Waals surface area contributed by atoms with Gasteiger partial charge >= 0.3 is 11.9 Å². The summed E-state index contributed by atoms with van der Waals surface area (Å²) in [6.07, 6.45) is 2.01. The highest BCUT2D eigenvalue weighted by Gasteiger charge is 2.29. The van der Waals surface area contributed by atoms with Gasteiger partial charge in [0.1, 0.15) is 11.8 Å². The molecule has 1 aromatic rings. The number of ether oxygens (including phenoxy) is 2. The van der Waals surface area contributed by atoms with E-state index in [2.05, 4.69) is 30.7 Å².